The third-order valence-electron chi connectivity index (χ3n) is 5.30. The molecule has 4 rings (SSSR count). The molecule has 4 aromatic rings. The summed E-state index contributed by atoms with van der Waals surface area (Å²) in [5.74, 6) is 0. The number of aromatic nitrogens is 2. The first-order chi connectivity index (χ1) is 13.9. The number of hydrogen-bond acceptors (Lipinski definition) is 5. The monoisotopic (exact) mass is 406 g/mol. The smallest absolute Gasteiger partial charge is 0.272 e. The molecule has 0 fully saturated rings. The summed E-state index contributed by atoms with van der Waals surface area (Å²) in [6.07, 6.45) is 2.52. The molecule has 6 nitrogen and oxygen atoms in total. The van der Waals surface area contributed by atoms with E-state index in [0.717, 1.165) is 21.8 Å². The number of nitrogens with zero attached hydrogens (tertiary/aromatic N) is 3. The Bertz CT molecular complexity index is 1180. The molecule has 0 saturated heterocycles. The summed E-state index contributed by atoms with van der Waals surface area (Å²) in [5, 5.41) is 15.4. The molecule has 148 valence electrons. The van der Waals surface area contributed by atoms with Gasteiger partial charge in [0.25, 0.3) is 5.69 Å². The largest absolute Gasteiger partial charge is 0.361 e. The van der Waals surface area contributed by atoms with Crippen molar-refractivity contribution in [2.75, 3.05) is 14.1 Å². The lowest BCUT2D eigenvalue weighted by Gasteiger charge is -2.19. The van der Waals surface area contributed by atoms with Crippen LogP contribution in [0.5, 0.6) is 0 Å². The number of aromatic amines is 1. The molecule has 0 spiro atoms. The van der Waals surface area contributed by atoms with Crippen LogP contribution in [-0.2, 0) is 6.42 Å². The summed E-state index contributed by atoms with van der Waals surface area (Å²) in [5.41, 5.74) is 5.08. The molecule has 2 aromatic heterocycles. The number of rotatable bonds is 6. The molecule has 2 heterocycles. The maximum atomic E-state index is 11.3. The molecular weight excluding hydrogens is 384 g/mol. The number of H-pyrrole nitrogens is 1. The Hall–Kier alpha value is -3.03. The van der Waals surface area contributed by atoms with Crippen LogP contribution in [-0.4, -0.2) is 33.9 Å². The van der Waals surface area contributed by atoms with Crippen molar-refractivity contribution in [3.63, 3.8) is 0 Å². The third-order valence-corrected chi connectivity index (χ3v) is 6.24. The number of nitro groups is 1. The molecular formula is C22H22N4O2S. The zero-order valence-electron chi connectivity index (χ0n) is 16.5. The van der Waals surface area contributed by atoms with Crippen LogP contribution in [0.2, 0.25) is 0 Å². The van der Waals surface area contributed by atoms with Crippen molar-refractivity contribution in [3.05, 3.63) is 81.0 Å². The standard InChI is InChI=1S/C22H22N4O2S/c1-14(25(2)3)19-12-23-20-9-8-16(11-18(19)20)22-24-17(13-29-22)10-15-6-4-5-7-21(15)26(27)28/h4-9,11-14,23H,10H2,1-3H3. The van der Waals surface area contributed by atoms with Gasteiger partial charge in [-0.15, -0.1) is 11.3 Å². The lowest BCUT2D eigenvalue weighted by atomic mass is 10.0. The zero-order valence-corrected chi connectivity index (χ0v) is 17.4. The predicted octanol–water partition coefficient (Wildman–Crippen LogP) is 5.41. The average Bonchev–Trinajstić information content (AvgIpc) is 3.34. The van der Waals surface area contributed by atoms with Gasteiger partial charge in [-0.25, -0.2) is 4.98 Å². The van der Waals surface area contributed by atoms with Crippen LogP contribution < -0.4 is 0 Å². The Labute approximate surface area is 173 Å². The molecule has 1 atom stereocenters. The molecule has 2 aromatic carbocycles. The van der Waals surface area contributed by atoms with E-state index in [1.165, 1.54) is 17.0 Å². The fraction of sp³-hybridized carbons (Fsp3) is 0.227. The second kappa shape index (κ2) is 7.77. The van der Waals surface area contributed by atoms with Gasteiger partial charge in [0.15, 0.2) is 0 Å². The van der Waals surface area contributed by atoms with Crippen LogP contribution in [0.3, 0.4) is 0 Å². The van der Waals surface area contributed by atoms with Gasteiger partial charge in [-0.1, -0.05) is 18.2 Å². The summed E-state index contributed by atoms with van der Waals surface area (Å²) >= 11 is 1.57. The van der Waals surface area contributed by atoms with Crippen molar-refractivity contribution < 1.29 is 4.92 Å². The normalized spacial score (nSPS) is 12.6. The van der Waals surface area contributed by atoms with Crippen molar-refractivity contribution in [1.82, 2.24) is 14.9 Å². The van der Waals surface area contributed by atoms with Crippen molar-refractivity contribution in [1.29, 1.82) is 0 Å². The van der Waals surface area contributed by atoms with Crippen LogP contribution in [0.1, 0.15) is 29.8 Å². The molecule has 29 heavy (non-hydrogen) atoms. The van der Waals surface area contributed by atoms with Gasteiger partial charge >= 0.3 is 0 Å². The van der Waals surface area contributed by atoms with E-state index in [2.05, 4.69) is 55.3 Å². The minimum Gasteiger partial charge on any atom is -0.361 e. The van der Waals surface area contributed by atoms with E-state index in [0.29, 0.717) is 18.0 Å². The highest BCUT2D eigenvalue weighted by Gasteiger charge is 2.16. The number of thiazole rings is 1. The first kappa shape index (κ1) is 19.3. The highest BCUT2D eigenvalue weighted by molar-refractivity contribution is 7.13. The summed E-state index contributed by atoms with van der Waals surface area (Å²) < 4.78 is 0. The summed E-state index contributed by atoms with van der Waals surface area (Å²) in [6, 6.07) is 13.5. The zero-order chi connectivity index (χ0) is 20.5. The number of para-hydroxylation sites is 1. The SMILES string of the molecule is CC(c1c[nH]c2ccc(-c3nc(Cc4ccccc4[N+](=O)[O-])cs3)cc12)N(C)C. The van der Waals surface area contributed by atoms with E-state index in [1.807, 2.05) is 11.4 Å². The van der Waals surface area contributed by atoms with Crippen LogP contribution >= 0.6 is 11.3 Å². The first-order valence-electron chi connectivity index (χ1n) is 9.38. The van der Waals surface area contributed by atoms with Crippen LogP contribution in [0.4, 0.5) is 5.69 Å². The van der Waals surface area contributed by atoms with Gasteiger partial charge in [-0.2, -0.15) is 0 Å². The Kier molecular flexibility index (Phi) is 5.17. The van der Waals surface area contributed by atoms with E-state index in [-0.39, 0.29) is 10.6 Å². The molecule has 0 radical (unpaired) electrons. The molecule has 0 bridgehead atoms. The Morgan fingerprint density at radius 1 is 1.24 bits per heavy atom. The van der Waals surface area contributed by atoms with Crippen molar-refractivity contribution >= 4 is 27.9 Å². The highest BCUT2D eigenvalue weighted by atomic mass is 32.1. The molecule has 7 heteroatoms. The molecule has 0 aliphatic heterocycles. The number of benzene rings is 2. The second-order valence-electron chi connectivity index (χ2n) is 7.35. The molecule has 1 unspecified atom stereocenters. The van der Waals surface area contributed by atoms with Crippen LogP contribution in [0.25, 0.3) is 21.5 Å². The third kappa shape index (κ3) is 3.79. The maximum absolute atomic E-state index is 11.3. The van der Waals surface area contributed by atoms with Crippen molar-refractivity contribution in [2.45, 2.75) is 19.4 Å². The summed E-state index contributed by atoms with van der Waals surface area (Å²) in [4.78, 5) is 21.2. The number of nitro benzene ring substituents is 1. The van der Waals surface area contributed by atoms with Gasteiger partial charge in [0.1, 0.15) is 5.01 Å². The van der Waals surface area contributed by atoms with Crippen LogP contribution in [0.15, 0.2) is 54.0 Å². The van der Waals surface area contributed by atoms with Crippen LogP contribution in [0, 0.1) is 10.1 Å². The molecule has 0 aliphatic rings. The van der Waals surface area contributed by atoms with E-state index >= 15 is 0 Å². The lowest BCUT2D eigenvalue weighted by Crippen LogP contribution is -2.16. The van der Waals surface area contributed by atoms with Gasteiger partial charge in [0, 0.05) is 52.1 Å². The molecule has 0 amide bonds. The van der Waals surface area contributed by atoms with E-state index in [4.69, 9.17) is 4.98 Å². The van der Waals surface area contributed by atoms with Gasteiger partial charge in [-0.3, -0.25) is 10.1 Å². The number of fused-ring (bicyclic) bond motifs is 1. The second-order valence-corrected chi connectivity index (χ2v) is 8.21. The van der Waals surface area contributed by atoms with Crippen molar-refractivity contribution in [3.8, 4) is 10.6 Å². The predicted molar refractivity (Wildman–Crippen MR) is 117 cm³/mol. The van der Waals surface area contributed by atoms with E-state index < -0.39 is 0 Å². The topological polar surface area (TPSA) is 75.1 Å². The fourth-order valence-corrected chi connectivity index (χ4v) is 4.27. The highest BCUT2D eigenvalue weighted by Crippen LogP contribution is 2.32. The van der Waals surface area contributed by atoms with Gasteiger partial charge in [0.05, 0.1) is 10.6 Å². The minimum absolute atomic E-state index is 0.137. The number of hydrogen-bond donors (Lipinski definition) is 1. The Morgan fingerprint density at radius 3 is 2.79 bits per heavy atom. The van der Waals surface area contributed by atoms with E-state index in [9.17, 15) is 10.1 Å². The summed E-state index contributed by atoms with van der Waals surface area (Å²) in [7, 11) is 4.15. The molecule has 0 saturated carbocycles. The molecule has 0 aliphatic carbocycles. The first-order valence-corrected chi connectivity index (χ1v) is 10.3. The quantitative estimate of drug-likeness (QED) is 0.343. The Morgan fingerprint density at radius 2 is 2.03 bits per heavy atom. The van der Waals surface area contributed by atoms with E-state index in [1.54, 1.807) is 23.5 Å². The van der Waals surface area contributed by atoms with Gasteiger partial charge in [0.2, 0.25) is 0 Å². The summed E-state index contributed by atoms with van der Waals surface area (Å²) in [6.45, 7) is 2.18. The lowest BCUT2D eigenvalue weighted by molar-refractivity contribution is -0.385. The van der Waals surface area contributed by atoms with Crippen molar-refractivity contribution in [2.24, 2.45) is 0 Å². The Balaban J connectivity index is 1.65. The fourth-order valence-electron chi connectivity index (χ4n) is 3.45. The average molecular weight is 407 g/mol. The molecule has 1 N–H and O–H groups in total. The maximum Gasteiger partial charge on any atom is 0.272 e. The van der Waals surface area contributed by atoms with Gasteiger partial charge in [-0.05, 0) is 44.8 Å². The minimum atomic E-state index is -0.337. The number of nitrogens with one attached hydrogen (secondary N) is 1. The van der Waals surface area contributed by atoms with Gasteiger partial charge < -0.3 is 9.88 Å².